The van der Waals surface area contributed by atoms with E-state index in [-0.39, 0.29) is 27.0 Å². The third-order valence-corrected chi connectivity index (χ3v) is 19.2. The molecular weight excluding hydrogens is 879 g/mol. The highest BCUT2D eigenvalue weighted by Crippen LogP contribution is 2.47. The molecule has 0 aliphatic rings. The van der Waals surface area contributed by atoms with Crippen molar-refractivity contribution in [1.82, 2.24) is 14.5 Å². The number of imidazole rings is 1. The van der Waals surface area contributed by atoms with E-state index in [0.29, 0.717) is 11.4 Å². The Balaban J connectivity index is 1.33. The van der Waals surface area contributed by atoms with Crippen LogP contribution in [0.5, 0.6) is 5.75 Å². The Morgan fingerprint density at radius 3 is 1.63 bits per heavy atom. The number of fused-ring (bicyclic) bond motifs is 1. The van der Waals surface area contributed by atoms with Crippen molar-refractivity contribution in [3.8, 4) is 78.6 Å². The summed E-state index contributed by atoms with van der Waals surface area (Å²) in [5.41, 5.74) is 18.2. The van der Waals surface area contributed by atoms with Gasteiger partial charge in [-0.2, -0.15) is 0 Å². The van der Waals surface area contributed by atoms with Crippen molar-refractivity contribution in [3.63, 3.8) is 0 Å². The lowest BCUT2D eigenvalue weighted by Crippen LogP contribution is -2.44. The quantitative estimate of drug-likeness (QED) is 0.147. The van der Waals surface area contributed by atoms with Gasteiger partial charge in [-0.1, -0.05) is 211 Å². The molecule has 0 saturated carbocycles. The van der Waals surface area contributed by atoms with Gasteiger partial charge in [-0.15, -0.1) is 0 Å². The van der Waals surface area contributed by atoms with Gasteiger partial charge >= 0.3 is 0 Å². The molecule has 0 saturated heterocycles. The Labute approximate surface area is 424 Å². The van der Waals surface area contributed by atoms with Gasteiger partial charge in [0, 0.05) is 28.5 Å². The summed E-state index contributed by atoms with van der Waals surface area (Å²) in [6, 6.07) is 59.4. The normalized spacial score (nSPS) is 12.7. The number of rotatable bonds is 9. The average Bonchev–Trinajstić information content (AvgIpc) is 3.72. The van der Waals surface area contributed by atoms with Crippen molar-refractivity contribution in [2.45, 2.75) is 117 Å². The highest BCUT2D eigenvalue weighted by Gasteiger charge is 2.36. The van der Waals surface area contributed by atoms with Crippen LogP contribution in [0.3, 0.4) is 0 Å². The molecule has 0 radical (unpaired) electrons. The van der Waals surface area contributed by atoms with Crippen molar-refractivity contribution in [1.29, 1.82) is 0 Å². The summed E-state index contributed by atoms with van der Waals surface area (Å²) < 4.78 is 2.30. The molecule has 1 N–H and O–H groups in total. The van der Waals surface area contributed by atoms with Crippen LogP contribution in [-0.2, 0) is 21.3 Å². The molecule has 0 aliphatic carbocycles. The fourth-order valence-corrected chi connectivity index (χ4v) is 10.6. The van der Waals surface area contributed by atoms with Crippen molar-refractivity contribution >= 4 is 19.1 Å². The van der Waals surface area contributed by atoms with Crippen LogP contribution in [-0.4, -0.2) is 27.7 Å². The number of pyridine rings is 1. The van der Waals surface area contributed by atoms with E-state index < -0.39 is 8.07 Å². The molecule has 2 heterocycles. The van der Waals surface area contributed by atoms with Gasteiger partial charge in [-0.05, 0) is 120 Å². The van der Waals surface area contributed by atoms with E-state index in [1.54, 1.807) is 0 Å². The average molecular weight is 950 g/mol. The van der Waals surface area contributed by atoms with Crippen LogP contribution in [0, 0.1) is 0 Å². The minimum atomic E-state index is -1.50. The molecule has 0 spiro atoms. The maximum absolute atomic E-state index is 12.7. The molecule has 0 atom stereocenters. The molecule has 360 valence electrons. The summed E-state index contributed by atoms with van der Waals surface area (Å²) in [5.74, 6) is 0.943. The summed E-state index contributed by atoms with van der Waals surface area (Å²) in [6.07, 6.45) is 1.92. The van der Waals surface area contributed by atoms with E-state index in [0.717, 1.165) is 78.0 Å². The fourth-order valence-electron chi connectivity index (χ4n) is 9.60. The molecule has 9 aromatic rings. The number of hydrogen-bond donors (Lipinski definition) is 1. The maximum Gasteiger partial charge on any atom is 0.149 e. The summed E-state index contributed by atoms with van der Waals surface area (Å²) in [7, 11) is -1.50. The van der Waals surface area contributed by atoms with Crippen LogP contribution in [0.4, 0.5) is 0 Å². The molecule has 0 fully saturated rings. The standard InChI is InChI=1S/C66H71N3OSi/c1-63(2,3)51-37-48(36-49(38-51)57-40-47(34-35-67-57)43-22-17-15-18-23-43)53-26-21-27-59-60(53)68-62(55-41-52(64(4,5)6)42-56(61(55)70)65(7,8)9)69(59)58-33-30-46(39-54(58)45-24-19-16-20-25-45)44-28-31-50(32-29-44)66(10,11)71(12,13)14/h15-42,70H,1-14H3. The van der Waals surface area contributed by atoms with E-state index in [4.69, 9.17) is 9.97 Å². The summed E-state index contributed by atoms with van der Waals surface area (Å²) in [4.78, 5) is 10.7. The third kappa shape index (κ3) is 9.57. The van der Waals surface area contributed by atoms with Crippen molar-refractivity contribution in [3.05, 3.63) is 192 Å². The number of nitrogens with zero attached hydrogens (tertiary/aromatic N) is 3. The van der Waals surface area contributed by atoms with Crippen LogP contribution in [0.15, 0.2) is 170 Å². The van der Waals surface area contributed by atoms with Gasteiger partial charge in [0.25, 0.3) is 0 Å². The fraction of sp³-hybridized carbons (Fsp3) is 0.273. The smallest absolute Gasteiger partial charge is 0.149 e. The van der Waals surface area contributed by atoms with Crippen LogP contribution < -0.4 is 0 Å². The number of phenolic OH excluding ortho intramolecular Hbond substituents is 1. The zero-order valence-corrected chi connectivity index (χ0v) is 45.5. The van der Waals surface area contributed by atoms with Crippen molar-refractivity contribution in [2.75, 3.05) is 0 Å². The Bertz CT molecular complexity index is 3410. The van der Waals surface area contributed by atoms with Crippen LogP contribution >= 0.6 is 0 Å². The predicted octanol–water partition coefficient (Wildman–Crippen LogP) is 18.2. The zero-order valence-electron chi connectivity index (χ0n) is 44.5. The number of benzene rings is 7. The van der Waals surface area contributed by atoms with E-state index >= 15 is 0 Å². The summed E-state index contributed by atoms with van der Waals surface area (Å²) in [5, 5.41) is 12.8. The molecule has 5 heteroatoms. The SMILES string of the molecule is CC(C)(C)c1cc(-c2cc(-c3ccccc3)ccn2)cc(-c2cccc3c2nc(-c2cc(C(C)(C)C)cc(C(C)(C)C)c2O)n3-c2ccc(-c3ccc(C(C)(C)[Si](C)(C)C)cc3)cc2-c2ccccc2)c1. The first-order valence-corrected chi connectivity index (χ1v) is 28.8. The van der Waals surface area contributed by atoms with E-state index in [2.05, 4.69) is 264 Å². The zero-order chi connectivity index (χ0) is 50.8. The van der Waals surface area contributed by atoms with Crippen LogP contribution in [0.1, 0.15) is 98.4 Å². The molecular formula is C66H71N3OSi. The number of hydrogen-bond acceptors (Lipinski definition) is 3. The number of aromatic hydroxyl groups is 1. The van der Waals surface area contributed by atoms with Gasteiger partial charge in [0.05, 0.1) is 36.1 Å². The monoisotopic (exact) mass is 950 g/mol. The van der Waals surface area contributed by atoms with Gasteiger partial charge < -0.3 is 5.11 Å². The minimum absolute atomic E-state index is 0.130. The van der Waals surface area contributed by atoms with Crippen LogP contribution in [0.25, 0.3) is 83.9 Å². The molecule has 7 aromatic carbocycles. The maximum atomic E-state index is 12.7. The Hall–Kier alpha value is -6.82. The van der Waals surface area contributed by atoms with Gasteiger partial charge in [0.2, 0.25) is 0 Å². The van der Waals surface area contributed by atoms with E-state index in [1.807, 2.05) is 6.20 Å². The van der Waals surface area contributed by atoms with E-state index in [9.17, 15) is 5.11 Å². The first kappa shape index (κ1) is 49.2. The molecule has 2 aromatic heterocycles. The first-order valence-electron chi connectivity index (χ1n) is 25.3. The minimum Gasteiger partial charge on any atom is -0.507 e. The van der Waals surface area contributed by atoms with Gasteiger partial charge in [-0.25, -0.2) is 4.98 Å². The van der Waals surface area contributed by atoms with Gasteiger partial charge in [0.15, 0.2) is 0 Å². The van der Waals surface area contributed by atoms with Crippen LogP contribution in [0.2, 0.25) is 19.6 Å². The lowest BCUT2D eigenvalue weighted by molar-refractivity contribution is 0.446. The highest BCUT2D eigenvalue weighted by atomic mass is 28.3. The second-order valence-electron chi connectivity index (χ2n) is 24.3. The summed E-state index contributed by atoms with van der Waals surface area (Å²) >= 11 is 0. The first-order chi connectivity index (χ1) is 33.4. The summed E-state index contributed by atoms with van der Waals surface area (Å²) in [6.45, 7) is 32.2. The number of phenols is 1. The van der Waals surface area contributed by atoms with Gasteiger partial charge in [0.1, 0.15) is 11.6 Å². The number of aromatic nitrogens is 3. The van der Waals surface area contributed by atoms with Gasteiger partial charge in [-0.3, -0.25) is 9.55 Å². The predicted molar refractivity (Wildman–Crippen MR) is 306 cm³/mol. The second-order valence-corrected chi connectivity index (χ2v) is 30.0. The van der Waals surface area contributed by atoms with Crippen molar-refractivity contribution < 1.29 is 5.11 Å². The third-order valence-electron chi connectivity index (χ3n) is 15.1. The Morgan fingerprint density at radius 1 is 0.437 bits per heavy atom. The molecule has 0 bridgehead atoms. The lowest BCUT2D eigenvalue weighted by Gasteiger charge is -2.38. The van der Waals surface area contributed by atoms with Crippen molar-refractivity contribution in [2.24, 2.45) is 0 Å². The van der Waals surface area contributed by atoms with E-state index in [1.165, 1.54) is 16.7 Å². The second kappa shape index (κ2) is 18.1. The molecule has 0 aliphatic heterocycles. The lowest BCUT2D eigenvalue weighted by atomic mass is 9.79. The molecule has 71 heavy (non-hydrogen) atoms. The molecule has 4 nitrogen and oxygen atoms in total. The molecule has 0 amide bonds. The largest absolute Gasteiger partial charge is 0.507 e. The number of para-hydroxylation sites is 1. The molecule has 9 rings (SSSR count). The topological polar surface area (TPSA) is 50.9 Å². The Morgan fingerprint density at radius 2 is 1.01 bits per heavy atom. The highest BCUT2D eigenvalue weighted by molar-refractivity contribution is 6.78. The Kier molecular flexibility index (Phi) is 12.5. The molecule has 0 unspecified atom stereocenters.